The first-order valence-corrected chi connectivity index (χ1v) is 8.67. The standard InChI is InChI=1S/C13H18INO2S/c1-10-7-11(2)9-15(8-10)18(16,17)13-5-3-12(14)4-6-13/h3-6,10-11H,7-9H2,1-2H3/t10-,11-/m1/s1. The fraction of sp³-hybridized carbons (Fsp3) is 0.538. The highest BCUT2D eigenvalue weighted by atomic mass is 127. The van der Waals surface area contributed by atoms with Gasteiger partial charge in [-0.05, 0) is 65.1 Å². The van der Waals surface area contributed by atoms with Gasteiger partial charge in [0, 0.05) is 16.7 Å². The molecule has 0 amide bonds. The van der Waals surface area contributed by atoms with Crippen LogP contribution < -0.4 is 0 Å². The van der Waals surface area contributed by atoms with Gasteiger partial charge < -0.3 is 0 Å². The van der Waals surface area contributed by atoms with Gasteiger partial charge in [-0.3, -0.25) is 0 Å². The van der Waals surface area contributed by atoms with Crippen molar-refractivity contribution in [1.82, 2.24) is 4.31 Å². The predicted molar refractivity (Wildman–Crippen MR) is 80.9 cm³/mol. The third-order valence-electron chi connectivity index (χ3n) is 3.29. The zero-order chi connectivity index (χ0) is 13.3. The van der Waals surface area contributed by atoms with Crippen LogP contribution in [0.15, 0.2) is 29.2 Å². The molecule has 0 radical (unpaired) electrons. The Bertz CT molecular complexity index is 502. The van der Waals surface area contributed by atoms with Gasteiger partial charge in [-0.25, -0.2) is 8.42 Å². The van der Waals surface area contributed by atoms with Gasteiger partial charge in [0.2, 0.25) is 10.0 Å². The van der Waals surface area contributed by atoms with Gasteiger partial charge >= 0.3 is 0 Å². The van der Waals surface area contributed by atoms with Crippen molar-refractivity contribution in [2.24, 2.45) is 11.8 Å². The van der Waals surface area contributed by atoms with Gasteiger partial charge in [0.1, 0.15) is 0 Å². The Hall–Kier alpha value is -0.140. The lowest BCUT2D eigenvalue weighted by Crippen LogP contribution is -2.42. The molecule has 0 bridgehead atoms. The maximum Gasteiger partial charge on any atom is 0.243 e. The Morgan fingerprint density at radius 2 is 1.61 bits per heavy atom. The van der Waals surface area contributed by atoms with E-state index < -0.39 is 10.0 Å². The monoisotopic (exact) mass is 379 g/mol. The van der Waals surface area contributed by atoms with Gasteiger partial charge in [0.15, 0.2) is 0 Å². The zero-order valence-electron chi connectivity index (χ0n) is 10.6. The molecule has 18 heavy (non-hydrogen) atoms. The second-order valence-corrected chi connectivity index (χ2v) is 8.41. The number of nitrogens with zero attached hydrogens (tertiary/aromatic N) is 1. The van der Waals surface area contributed by atoms with E-state index >= 15 is 0 Å². The van der Waals surface area contributed by atoms with Crippen LogP contribution in [-0.2, 0) is 10.0 Å². The number of sulfonamides is 1. The maximum absolute atomic E-state index is 12.5. The molecule has 1 aromatic carbocycles. The quantitative estimate of drug-likeness (QED) is 0.741. The first-order valence-electron chi connectivity index (χ1n) is 6.15. The van der Waals surface area contributed by atoms with E-state index in [1.165, 1.54) is 0 Å². The molecular weight excluding hydrogens is 361 g/mol. The van der Waals surface area contributed by atoms with E-state index in [-0.39, 0.29) is 0 Å². The molecule has 0 aliphatic carbocycles. The molecule has 3 nitrogen and oxygen atoms in total. The van der Waals surface area contributed by atoms with Crippen LogP contribution in [0.3, 0.4) is 0 Å². The van der Waals surface area contributed by atoms with Crippen LogP contribution in [0.5, 0.6) is 0 Å². The number of hydrogen-bond donors (Lipinski definition) is 0. The van der Waals surface area contributed by atoms with Crippen molar-refractivity contribution in [3.05, 3.63) is 27.8 Å². The summed E-state index contributed by atoms with van der Waals surface area (Å²) in [6.07, 6.45) is 1.11. The van der Waals surface area contributed by atoms with Gasteiger partial charge in [0.05, 0.1) is 4.90 Å². The minimum atomic E-state index is -3.31. The summed E-state index contributed by atoms with van der Waals surface area (Å²) < 4.78 is 27.7. The molecule has 2 rings (SSSR count). The molecule has 0 saturated carbocycles. The molecular formula is C13H18INO2S. The third kappa shape index (κ3) is 3.05. The van der Waals surface area contributed by atoms with E-state index in [2.05, 4.69) is 36.4 Å². The molecule has 1 saturated heterocycles. The summed E-state index contributed by atoms with van der Waals surface area (Å²) in [7, 11) is -3.31. The lowest BCUT2D eigenvalue weighted by Gasteiger charge is -2.34. The van der Waals surface area contributed by atoms with Crippen LogP contribution in [-0.4, -0.2) is 25.8 Å². The van der Waals surface area contributed by atoms with E-state index in [1.54, 1.807) is 16.4 Å². The van der Waals surface area contributed by atoms with Crippen LogP contribution in [0, 0.1) is 15.4 Å². The van der Waals surface area contributed by atoms with Crippen LogP contribution in [0.2, 0.25) is 0 Å². The van der Waals surface area contributed by atoms with Crippen LogP contribution in [0.1, 0.15) is 20.3 Å². The third-order valence-corrected chi connectivity index (χ3v) is 5.85. The van der Waals surface area contributed by atoms with Crippen LogP contribution >= 0.6 is 22.6 Å². The van der Waals surface area contributed by atoms with Gasteiger partial charge in [-0.15, -0.1) is 0 Å². The number of halogens is 1. The average Bonchev–Trinajstić information content (AvgIpc) is 2.28. The van der Waals surface area contributed by atoms with Crippen molar-refractivity contribution < 1.29 is 8.42 Å². The van der Waals surface area contributed by atoms with Crippen LogP contribution in [0.4, 0.5) is 0 Å². The van der Waals surface area contributed by atoms with E-state index in [4.69, 9.17) is 0 Å². The number of piperidine rings is 1. The van der Waals surface area contributed by atoms with Crippen molar-refractivity contribution in [2.75, 3.05) is 13.1 Å². The highest BCUT2D eigenvalue weighted by Gasteiger charge is 2.31. The first kappa shape index (κ1) is 14.3. The van der Waals surface area contributed by atoms with Crippen molar-refractivity contribution in [3.63, 3.8) is 0 Å². The molecule has 0 N–H and O–H groups in total. The Morgan fingerprint density at radius 3 is 2.11 bits per heavy atom. The normalized spacial score (nSPS) is 26.2. The molecule has 0 aromatic heterocycles. The molecule has 1 aromatic rings. The Morgan fingerprint density at radius 1 is 1.11 bits per heavy atom. The molecule has 5 heteroatoms. The van der Waals surface area contributed by atoms with E-state index in [9.17, 15) is 8.42 Å². The topological polar surface area (TPSA) is 37.4 Å². The number of rotatable bonds is 2. The minimum absolute atomic E-state index is 0.407. The summed E-state index contributed by atoms with van der Waals surface area (Å²) >= 11 is 2.18. The van der Waals surface area contributed by atoms with E-state index in [1.807, 2.05) is 12.1 Å². The Kier molecular flexibility index (Phi) is 4.33. The summed E-state index contributed by atoms with van der Waals surface area (Å²) in [5, 5.41) is 0. The summed E-state index contributed by atoms with van der Waals surface area (Å²) in [4.78, 5) is 0.407. The summed E-state index contributed by atoms with van der Waals surface area (Å²) in [6, 6.07) is 7.07. The molecule has 1 heterocycles. The highest BCUT2D eigenvalue weighted by Crippen LogP contribution is 2.26. The summed E-state index contributed by atoms with van der Waals surface area (Å²) in [5.74, 6) is 0.875. The second kappa shape index (κ2) is 5.46. The zero-order valence-corrected chi connectivity index (χ0v) is 13.6. The average molecular weight is 379 g/mol. The summed E-state index contributed by atoms with van der Waals surface area (Å²) in [6.45, 7) is 5.51. The summed E-state index contributed by atoms with van der Waals surface area (Å²) in [5.41, 5.74) is 0. The van der Waals surface area contributed by atoms with Crippen LogP contribution in [0.25, 0.3) is 0 Å². The van der Waals surface area contributed by atoms with Gasteiger partial charge in [-0.2, -0.15) is 4.31 Å². The fourth-order valence-corrected chi connectivity index (χ4v) is 4.60. The smallest absolute Gasteiger partial charge is 0.207 e. The van der Waals surface area contributed by atoms with E-state index in [0.717, 1.165) is 9.99 Å². The largest absolute Gasteiger partial charge is 0.243 e. The second-order valence-electron chi connectivity index (χ2n) is 5.22. The molecule has 1 aliphatic heterocycles. The number of hydrogen-bond acceptors (Lipinski definition) is 2. The highest BCUT2D eigenvalue weighted by molar-refractivity contribution is 14.1. The molecule has 1 aliphatic rings. The first-order chi connectivity index (χ1) is 8.39. The lowest BCUT2D eigenvalue weighted by atomic mass is 9.94. The molecule has 2 atom stereocenters. The molecule has 0 unspecified atom stereocenters. The SMILES string of the molecule is C[C@@H]1C[C@@H](C)CN(S(=O)(=O)c2ccc(I)cc2)C1. The van der Waals surface area contributed by atoms with Crippen molar-refractivity contribution in [1.29, 1.82) is 0 Å². The Balaban J connectivity index is 2.28. The number of benzene rings is 1. The van der Waals surface area contributed by atoms with Crippen molar-refractivity contribution in [2.45, 2.75) is 25.2 Å². The van der Waals surface area contributed by atoms with Crippen molar-refractivity contribution >= 4 is 32.6 Å². The molecule has 100 valence electrons. The minimum Gasteiger partial charge on any atom is -0.207 e. The van der Waals surface area contributed by atoms with Crippen molar-refractivity contribution in [3.8, 4) is 0 Å². The lowest BCUT2D eigenvalue weighted by molar-refractivity contribution is 0.222. The predicted octanol–water partition coefficient (Wildman–Crippen LogP) is 2.96. The van der Waals surface area contributed by atoms with E-state index in [0.29, 0.717) is 29.8 Å². The molecule has 1 fully saturated rings. The Labute approximate surface area is 123 Å². The molecule has 0 spiro atoms. The van der Waals surface area contributed by atoms with Gasteiger partial charge in [0.25, 0.3) is 0 Å². The maximum atomic E-state index is 12.5. The fourth-order valence-electron chi connectivity index (χ4n) is 2.56. The van der Waals surface area contributed by atoms with Gasteiger partial charge in [-0.1, -0.05) is 13.8 Å².